The molecular weight excluding hydrogens is 232 g/mol. The third-order valence-corrected chi connectivity index (χ3v) is 3.92. The van der Waals surface area contributed by atoms with E-state index in [4.69, 9.17) is 5.11 Å². The van der Waals surface area contributed by atoms with Crippen molar-refractivity contribution in [1.29, 1.82) is 0 Å². The van der Waals surface area contributed by atoms with Gasteiger partial charge in [-0.05, 0) is 37.5 Å². The van der Waals surface area contributed by atoms with Crippen molar-refractivity contribution in [3.05, 3.63) is 35.7 Å². The number of rotatable bonds is 3. The van der Waals surface area contributed by atoms with Crippen LogP contribution < -0.4 is 0 Å². The maximum absolute atomic E-state index is 8.84. The lowest BCUT2D eigenvalue weighted by atomic mass is 10.1. The van der Waals surface area contributed by atoms with Crippen molar-refractivity contribution in [2.45, 2.75) is 19.8 Å². The van der Waals surface area contributed by atoms with Crippen molar-refractivity contribution in [3.63, 3.8) is 0 Å². The SMILES string of the molecule is Cc1cn2c(n1)sc1cc(CCCO)ccc12. The third-order valence-electron chi connectivity index (χ3n) is 2.90. The molecular formula is C13H14N2OS. The summed E-state index contributed by atoms with van der Waals surface area (Å²) >= 11 is 1.72. The quantitative estimate of drug-likeness (QED) is 0.771. The summed E-state index contributed by atoms with van der Waals surface area (Å²) in [6.45, 7) is 2.27. The van der Waals surface area contributed by atoms with E-state index in [1.807, 2.05) is 6.92 Å². The first-order chi connectivity index (χ1) is 8.28. The van der Waals surface area contributed by atoms with Gasteiger partial charge >= 0.3 is 0 Å². The molecule has 0 aliphatic rings. The maximum atomic E-state index is 8.84. The molecule has 3 aromatic rings. The number of aliphatic hydroxyl groups is 1. The Hall–Kier alpha value is -1.39. The topological polar surface area (TPSA) is 37.5 Å². The number of fused-ring (bicyclic) bond motifs is 3. The monoisotopic (exact) mass is 246 g/mol. The molecule has 0 amide bonds. The molecule has 17 heavy (non-hydrogen) atoms. The number of aromatic nitrogens is 2. The zero-order chi connectivity index (χ0) is 11.8. The summed E-state index contributed by atoms with van der Waals surface area (Å²) in [6.07, 6.45) is 3.83. The first kappa shape index (κ1) is 10.7. The van der Waals surface area contributed by atoms with Crippen LogP contribution in [0.4, 0.5) is 0 Å². The van der Waals surface area contributed by atoms with Gasteiger partial charge in [0.05, 0.1) is 15.9 Å². The molecule has 4 heteroatoms. The van der Waals surface area contributed by atoms with Crippen LogP contribution in [0.1, 0.15) is 17.7 Å². The number of benzene rings is 1. The normalized spacial score (nSPS) is 11.6. The number of hydrogen-bond donors (Lipinski definition) is 1. The van der Waals surface area contributed by atoms with Crippen molar-refractivity contribution in [3.8, 4) is 0 Å². The summed E-state index contributed by atoms with van der Waals surface area (Å²) in [5.41, 5.74) is 3.56. The Balaban J connectivity index is 2.10. The summed E-state index contributed by atoms with van der Waals surface area (Å²) in [5, 5.41) is 8.84. The van der Waals surface area contributed by atoms with E-state index in [9.17, 15) is 0 Å². The third kappa shape index (κ3) is 1.83. The minimum Gasteiger partial charge on any atom is -0.396 e. The van der Waals surface area contributed by atoms with E-state index >= 15 is 0 Å². The van der Waals surface area contributed by atoms with E-state index < -0.39 is 0 Å². The molecule has 0 radical (unpaired) electrons. The Morgan fingerprint density at radius 3 is 3.12 bits per heavy atom. The van der Waals surface area contributed by atoms with Crippen LogP contribution in [0.5, 0.6) is 0 Å². The lowest BCUT2D eigenvalue weighted by Gasteiger charge is -1.99. The highest BCUT2D eigenvalue weighted by Crippen LogP contribution is 2.27. The van der Waals surface area contributed by atoms with Crippen LogP contribution in [0, 0.1) is 6.92 Å². The van der Waals surface area contributed by atoms with E-state index in [1.165, 1.54) is 15.8 Å². The standard InChI is InChI=1S/C13H14N2OS/c1-9-8-15-11-5-4-10(3-2-6-16)7-12(11)17-13(15)14-9/h4-5,7-8,16H,2-3,6H2,1H3. The fourth-order valence-corrected chi connectivity index (χ4v) is 3.21. The van der Waals surface area contributed by atoms with Crippen LogP contribution in [0.3, 0.4) is 0 Å². The van der Waals surface area contributed by atoms with Gasteiger partial charge in [-0.1, -0.05) is 17.4 Å². The number of thiazole rings is 1. The molecule has 0 aliphatic heterocycles. The molecule has 3 nitrogen and oxygen atoms in total. The summed E-state index contributed by atoms with van der Waals surface area (Å²) in [5.74, 6) is 0. The zero-order valence-corrected chi connectivity index (χ0v) is 10.5. The molecule has 0 atom stereocenters. The number of nitrogens with zero attached hydrogens (tertiary/aromatic N) is 2. The maximum Gasteiger partial charge on any atom is 0.194 e. The summed E-state index contributed by atoms with van der Waals surface area (Å²) < 4.78 is 3.41. The van der Waals surface area contributed by atoms with Crippen LogP contribution in [0.2, 0.25) is 0 Å². The van der Waals surface area contributed by atoms with Crippen LogP contribution in [-0.4, -0.2) is 21.1 Å². The average Bonchev–Trinajstić information content (AvgIpc) is 2.81. The van der Waals surface area contributed by atoms with Crippen LogP contribution in [0.25, 0.3) is 15.2 Å². The van der Waals surface area contributed by atoms with Crippen LogP contribution in [0.15, 0.2) is 24.4 Å². The average molecular weight is 246 g/mol. The molecule has 1 N–H and O–H groups in total. The highest BCUT2D eigenvalue weighted by molar-refractivity contribution is 7.23. The van der Waals surface area contributed by atoms with Gasteiger partial charge in [0.2, 0.25) is 0 Å². The first-order valence-electron chi connectivity index (χ1n) is 5.76. The molecule has 0 bridgehead atoms. The molecule has 2 aromatic heterocycles. The molecule has 2 heterocycles. The fraction of sp³-hybridized carbons (Fsp3) is 0.308. The van der Waals surface area contributed by atoms with Gasteiger partial charge in [0.1, 0.15) is 0 Å². The smallest absolute Gasteiger partial charge is 0.194 e. The van der Waals surface area contributed by atoms with Gasteiger partial charge in [0, 0.05) is 12.8 Å². The van der Waals surface area contributed by atoms with E-state index in [-0.39, 0.29) is 6.61 Å². The molecule has 1 aromatic carbocycles. The molecule has 0 spiro atoms. The summed E-state index contributed by atoms with van der Waals surface area (Å²) in [6, 6.07) is 6.49. The van der Waals surface area contributed by atoms with Gasteiger partial charge in [0.15, 0.2) is 4.96 Å². The van der Waals surface area contributed by atoms with Gasteiger partial charge in [-0.3, -0.25) is 4.40 Å². The van der Waals surface area contributed by atoms with Gasteiger partial charge in [0.25, 0.3) is 0 Å². The number of aliphatic hydroxyl groups excluding tert-OH is 1. The van der Waals surface area contributed by atoms with E-state index in [0.717, 1.165) is 23.5 Å². The lowest BCUT2D eigenvalue weighted by Crippen LogP contribution is -1.89. The Labute approximate surface area is 103 Å². The lowest BCUT2D eigenvalue weighted by molar-refractivity contribution is 0.288. The molecule has 88 valence electrons. The molecule has 3 rings (SSSR count). The van der Waals surface area contributed by atoms with Crippen molar-refractivity contribution in [2.24, 2.45) is 0 Å². The fourth-order valence-electron chi connectivity index (χ4n) is 2.10. The molecule has 0 aliphatic carbocycles. The van der Waals surface area contributed by atoms with Crippen LogP contribution >= 0.6 is 11.3 Å². The van der Waals surface area contributed by atoms with Crippen LogP contribution in [-0.2, 0) is 6.42 Å². The van der Waals surface area contributed by atoms with E-state index in [2.05, 4.69) is 33.8 Å². The minimum absolute atomic E-state index is 0.255. The second-order valence-electron chi connectivity index (χ2n) is 4.27. The Bertz CT molecular complexity index is 668. The van der Waals surface area contributed by atoms with E-state index in [1.54, 1.807) is 11.3 Å². The second-order valence-corrected chi connectivity index (χ2v) is 5.28. The highest BCUT2D eigenvalue weighted by Gasteiger charge is 2.07. The van der Waals surface area contributed by atoms with Gasteiger partial charge in [-0.2, -0.15) is 0 Å². The Morgan fingerprint density at radius 1 is 1.41 bits per heavy atom. The zero-order valence-electron chi connectivity index (χ0n) is 9.68. The number of hydrogen-bond acceptors (Lipinski definition) is 3. The van der Waals surface area contributed by atoms with Crippen molar-refractivity contribution >= 4 is 26.5 Å². The summed E-state index contributed by atoms with van der Waals surface area (Å²) in [7, 11) is 0. The largest absolute Gasteiger partial charge is 0.396 e. The summed E-state index contributed by atoms with van der Waals surface area (Å²) in [4.78, 5) is 5.54. The highest BCUT2D eigenvalue weighted by atomic mass is 32.1. The Morgan fingerprint density at radius 2 is 2.29 bits per heavy atom. The van der Waals surface area contributed by atoms with Gasteiger partial charge in [-0.25, -0.2) is 4.98 Å². The van der Waals surface area contributed by atoms with Crippen molar-refractivity contribution in [2.75, 3.05) is 6.61 Å². The molecule has 0 saturated carbocycles. The molecule has 0 saturated heterocycles. The van der Waals surface area contributed by atoms with Crippen molar-refractivity contribution < 1.29 is 5.11 Å². The predicted molar refractivity (Wildman–Crippen MR) is 70.7 cm³/mol. The van der Waals surface area contributed by atoms with Gasteiger partial charge < -0.3 is 5.11 Å². The van der Waals surface area contributed by atoms with Crippen molar-refractivity contribution in [1.82, 2.24) is 9.38 Å². The second kappa shape index (κ2) is 4.13. The van der Waals surface area contributed by atoms with E-state index in [0.29, 0.717) is 0 Å². The predicted octanol–water partition coefficient (Wildman–Crippen LogP) is 2.78. The molecule has 0 fully saturated rings. The number of imidazole rings is 1. The first-order valence-corrected chi connectivity index (χ1v) is 6.57. The number of aryl methyl sites for hydroxylation is 2. The van der Waals surface area contributed by atoms with Gasteiger partial charge in [-0.15, -0.1) is 0 Å². The Kier molecular flexibility index (Phi) is 2.61. The molecule has 0 unspecified atom stereocenters. The minimum atomic E-state index is 0.255.